The molecule has 0 unspecified atom stereocenters. The first-order chi connectivity index (χ1) is 13.3. The lowest BCUT2D eigenvalue weighted by Crippen LogP contribution is -2.32. The van der Waals surface area contributed by atoms with Crippen LogP contribution in [-0.4, -0.2) is 25.5 Å². The normalized spacial score (nSPS) is 12.3. The van der Waals surface area contributed by atoms with E-state index in [0.717, 1.165) is 11.1 Å². The molecule has 28 heavy (non-hydrogen) atoms. The zero-order valence-electron chi connectivity index (χ0n) is 14.9. The van der Waals surface area contributed by atoms with E-state index in [2.05, 4.69) is 4.72 Å². The second kappa shape index (κ2) is 8.24. The first kappa shape index (κ1) is 19.6. The maximum absolute atomic E-state index is 12.6. The molecule has 0 aliphatic rings. The molecule has 0 amide bonds. The van der Waals surface area contributed by atoms with Crippen LogP contribution in [0.1, 0.15) is 5.56 Å². The molecule has 0 aliphatic carbocycles. The fourth-order valence-electron chi connectivity index (χ4n) is 2.72. The zero-order chi connectivity index (χ0) is 20.1. The highest BCUT2D eigenvalue weighted by atomic mass is 32.2. The van der Waals surface area contributed by atoms with Crippen molar-refractivity contribution in [3.8, 4) is 11.1 Å². The van der Waals surface area contributed by atoms with E-state index in [4.69, 9.17) is 10.8 Å². The summed E-state index contributed by atoms with van der Waals surface area (Å²) in [5.41, 5.74) is 8.55. The minimum absolute atomic E-state index is 0.157. The van der Waals surface area contributed by atoms with Gasteiger partial charge in [-0.3, -0.25) is 9.52 Å². The van der Waals surface area contributed by atoms with Crippen LogP contribution >= 0.6 is 0 Å². The van der Waals surface area contributed by atoms with Crippen LogP contribution in [0.5, 0.6) is 0 Å². The first-order valence-corrected chi connectivity index (χ1v) is 10.1. The molecule has 0 fully saturated rings. The Morgan fingerprint density at radius 1 is 0.893 bits per heavy atom. The molecule has 7 heteroatoms. The number of anilines is 1. The number of benzene rings is 3. The van der Waals surface area contributed by atoms with Crippen molar-refractivity contribution in [2.24, 2.45) is 5.73 Å². The highest BCUT2D eigenvalue weighted by Crippen LogP contribution is 2.22. The van der Waals surface area contributed by atoms with E-state index in [1.807, 2.05) is 30.3 Å². The number of carboxylic acids is 1. The maximum Gasteiger partial charge on any atom is 0.320 e. The second-order valence-electron chi connectivity index (χ2n) is 6.34. The molecule has 4 N–H and O–H groups in total. The molecule has 0 saturated heterocycles. The van der Waals surface area contributed by atoms with Crippen LogP contribution in [-0.2, 0) is 21.2 Å². The maximum atomic E-state index is 12.6. The molecule has 144 valence electrons. The number of rotatable bonds is 7. The van der Waals surface area contributed by atoms with Gasteiger partial charge in [0.15, 0.2) is 0 Å². The van der Waals surface area contributed by atoms with Gasteiger partial charge in [-0.05, 0) is 47.4 Å². The van der Waals surface area contributed by atoms with Crippen molar-refractivity contribution in [1.29, 1.82) is 0 Å². The molecule has 0 saturated carbocycles. The minimum Gasteiger partial charge on any atom is -0.480 e. The molecule has 0 radical (unpaired) electrons. The second-order valence-corrected chi connectivity index (χ2v) is 8.02. The van der Waals surface area contributed by atoms with Gasteiger partial charge in [-0.15, -0.1) is 0 Å². The summed E-state index contributed by atoms with van der Waals surface area (Å²) < 4.78 is 27.7. The lowest BCUT2D eigenvalue weighted by Gasteiger charge is -2.11. The lowest BCUT2D eigenvalue weighted by atomic mass is 10.1. The largest absolute Gasteiger partial charge is 0.480 e. The molecule has 6 nitrogen and oxygen atoms in total. The highest BCUT2D eigenvalue weighted by molar-refractivity contribution is 7.92. The number of carboxylic acid groups (broad SMARTS) is 1. The molecular formula is C21H20N2O4S. The van der Waals surface area contributed by atoms with Crippen LogP contribution in [0.4, 0.5) is 5.69 Å². The van der Waals surface area contributed by atoms with Crippen LogP contribution in [0.15, 0.2) is 83.8 Å². The van der Waals surface area contributed by atoms with Gasteiger partial charge in [0, 0.05) is 5.69 Å². The molecule has 0 aliphatic heterocycles. The van der Waals surface area contributed by atoms with Crippen molar-refractivity contribution in [3.05, 3.63) is 84.4 Å². The van der Waals surface area contributed by atoms with Gasteiger partial charge in [-0.25, -0.2) is 8.42 Å². The number of carbonyl (C=O) groups is 1. The number of hydrogen-bond donors (Lipinski definition) is 3. The van der Waals surface area contributed by atoms with Gasteiger partial charge < -0.3 is 10.8 Å². The monoisotopic (exact) mass is 396 g/mol. The van der Waals surface area contributed by atoms with Crippen LogP contribution in [0.25, 0.3) is 11.1 Å². The molecule has 3 aromatic carbocycles. The summed E-state index contributed by atoms with van der Waals surface area (Å²) in [6, 6.07) is 21.8. The SMILES string of the molecule is N[C@@H](Cc1ccc(NS(=O)(=O)c2ccc(-c3ccccc3)cc2)cc1)C(=O)O. The first-order valence-electron chi connectivity index (χ1n) is 8.61. The Labute approximate surface area is 163 Å². The van der Waals surface area contributed by atoms with Gasteiger partial charge in [0.25, 0.3) is 10.0 Å². The summed E-state index contributed by atoms with van der Waals surface area (Å²) in [5.74, 6) is -1.08. The van der Waals surface area contributed by atoms with Gasteiger partial charge in [0.2, 0.25) is 0 Å². The number of aliphatic carboxylic acids is 1. The Balaban J connectivity index is 1.72. The van der Waals surface area contributed by atoms with Gasteiger partial charge in [-0.2, -0.15) is 0 Å². The van der Waals surface area contributed by atoms with E-state index in [1.165, 1.54) is 0 Å². The van der Waals surface area contributed by atoms with Crippen molar-refractivity contribution >= 4 is 21.7 Å². The van der Waals surface area contributed by atoms with Gasteiger partial charge in [0.1, 0.15) is 6.04 Å². The number of nitrogens with one attached hydrogen (secondary N) is 1. The number of nitrogens with two attached hydrogens (primary N) is 1. The zero-order valence-corrected chi connectivity index (χ0v) is 15.8. The van der Waals surface area contributed by atoms with Crippen molar-refractivity contribution in [2.45, 2.75) is 17.4 Å². The molecule has 0 spiro atoms. The Kier molecular flexibility index (Phi) is 5.77. The Bertz CT molecular complexity index is 1050. The van der Waals surface area contributed by atoms with Gasteiger partial charge in [-0.1, -0.05) is 54.6 Å². The highest BCUT2D eigenvalue weighted by Gasteiger charge is 2.15. The van der Waals surface area contributed by atoms with Crippen LogP contribution in [0, 0.1) is 0 Å². The summed E-state index contributed by atoms with van der Waals surface area (Å²) in [6.07, 6.45) is 0.170. The van der Waals surface area contributed by atoms with E-state index < -0.39 is 22.0 Å². The fourth-order valence-corrected chi connectivity index (χ4v) is 3.78. The summed E-state index contributed by atoms with van der Waals surface area (Å²) in [5, 5.41) is 8.85. The van der Waals surface area contributed by atoms with E-state index in [1.54, 1.807) is 48.5 Å². The minimum atomic E-state index is -3.73. The smallest absolute Gasteiger partial charge is 0.320 e. The molecule has 0 aromatic heterocycles. The molecule has 3 aromatic rings. The number of sulfonamides is 1. The van der Waals surface area contributed by atoms with Crippen molar-refractivity contribution in [2.75, 3.05) is 4.72 Å². The Hall–Kier alpha value is -3.16. The average molecular weight is 396 g/mol. The average Bonchev–Trinajstić information content (AvgIpc) is 2.70. The molecule has 3 rings (SSSR count). The molecular weight excluding hydrogens is 376 g/mol. The molecule has 0 heterocycles. The predicted octanol–water partition coefficient (Wildman–Crippen LogP) is 3.11. The standard InChI is InChI=1S/C21H20N2O4S/c22-20(21(24)25)14-15-6-10-18(11-7-15)23-28(26,27)19-12-8-17(9-13-19)16-4-2-1-3-5-16/h1-13,20,23H,14,22H2,(H,24,25)/t20-/m0/s1. The summed E-state index contributed by atoms with van der Waals surface area (Å²) >= 11 is 0. The molecule has 0 bridgehead atoms. The van der Waals surface area contributed by atoms with Crippen LogP contribution < -0.4 is 10.5 Å². The Morgan fingerprint density at radius 2 is 1.46 bits per heavy atom. The van der Waals surface area contributed by atoms with Crippen LogP contribution in [0.2, 0.25) is 0 Å². The summed E-state index contributed by atoms with van der Waals surface area (Å²) in [7, 11) is -3.73. The Morgan fingerprint density at radius 3 is 2.04 bits per heavy atom. The third kappa shape index (κ3) is 4.76. The third-order valence-electron chi connectivity index (χ3n) is 4.25. The van der Waals surface area contributed by atoms with E-state index in [9.17, 15) is 13.2 Å². The number of hydrogen-bond acceptors (Lipinski definition) is 4. The summed E-state index contributed by atoms with van der Waals surface area (Å²) in [6.45, 7) is 0. The van der Waals surface area contributed by atoms with Crippen molar-refractivity contribution < 1.29 is 18.3 Å². The van der Waals surface area contributed by atoms with Crippen LogP contribution in [0.3, 0.4) is 0 Å². The van der Waals surface area contributed by atoms with Crippen molar-refractivity contribution in [3.63, 3.8) is 0 Å². The predicted molar refractivity (Wildman–Crippen MR) is 108 cm³/mol. The van der Waals surface area contributed by atoms with E-state index in [0.29, 0.717) is 11.3 Å². The lowest BCUT2D eigenvalue weighted by molar-refractivity contribution is -0.138. The van der Waals surface area contributed by atoms with Gasteiger partial charge in [0.05, 0.1) is 4.90 Å². The fraction of sp³-hybridized carbons (Fsp3) is 0.0952. The van der Waals surface area contributed by atoms with E-state index >= 15 is 0 Å². The van der Waals surface area contributed by atoms with Crippen molar-refractivity contribution in [1.82, 2.24) is 0 Å². The van der Waals surface area contributed by atoms with Gasteiger partial charge >= 0.3 is 5.97 Å². The quantitative estimate of drug-likeness (QED) is 0.568. The summed E-state index contributed by atoms with van der Waals surface area (Å²) in [4.78, 5) is 11.0. The molecule has 1 atom stereocenters. The topological polar surface area (TPSA) is 109 Å². The van der Waals surface area contributed by atoms with E-state index in [-0.39, 0.29) is 11.3 Å². The third-order valence-corrected chi connectivity index (χ3v) is 5.65.